The largest absolute Gasteiger partial charge is 0.496 e. The molecule has 0 amide bonds. The summed E-state index contributed by atoms with van der Waals surface area (Å²) in [6, 6.07) is 12.3. The molecule has 0 saturated carbocycles. The number of rotatable bonds is 7. The zero-order chi connectivity index (χ0) is 15.1. The minimum absolute atomic E-state index is 0.257. The number of nitrogens with one attached hydrogen (secondary N) is 1. The van der Waals surface area contributed by atoms with Crippen LogP contribution in [-0.2, 0) is 13.2 Å². The first-order valence-electron chi connectivity index (χ1n) is 6.98. The van der Waals surface area contributed by atoms with Crippen LogP contribution in [0.15, 0.2) is 42.5 Å². The highest BCUT2D eigenvalue weighted by Crippen LogP contribution is 2.23. The Morgan fingerprint density at radius 2 is 1.86 bits per heavy atom. The van der Waals surface area contributed by atoms with E-state index in [9.17, 15) is 4.39 Å². The summed E-state index contributed by atoms with van der Waals surface area (Å²) in [7, 11) is 1.63. The van der Waals surface area contributed by atoms with Gasteiger partial charge < -0.3 is 14.8 Å². The Kier molecular flexibility index (Phi) is 5.58. The molecule has 4 heteroatoms. The molecule has 2 rings (SSSR count). The maximum absolute atomic E-state index is 13.4. The fourth-order valence-corrected chi connectivity index (χ4v) is 2.06. The Hall–Kier alpha value is -2.07. The number of para-hydroxylation sites is 1. The minimum Gasteiger partial charge on any atom is -0.496 e. The third-order valence-electron chi connectivity index (χ3n) is 3.16. The summed E-state index contributed by atoms with van der Waals surface area (Å²) in [6.07, 6.45) is 0. The predicted molar refractivity (Wildman–Crippen MR) is 81.1 cm³/mol. The van der Waals surface area contributed by atoms with E-state index in [1.807, 2.05) is 31.2 Å². The zero-order valence-corrected chi connectivity index (χ0v) is 12.4. The van der Waals surface area contributed by atoms with Gasteiger partial charge in [-0.2, -0.15) is 0 Å². The average Bonchev–Trinajstić information content (AvgIpc) is 2.52. The zero-order valence-electron chi connectivity index (χ0n) is 12.4. The average molecular weight is 289 g/mol. The summed E-state index contributed by atoms with van der Waals surface area (Å²) in [5.74, 6) is 1.21. The first kappa shape index (κ1) is 15.3. The van der Waals surface area contributed by atoms with Crippen LogP contribution < -0.4 is 14.8 Å². The standard InChI is InChI=1S/C17H20FNO2/c1-3-19-11-14-10-15(18)8-9-17(14)21-12-13-6-4-5-7-16(13)20-2/h4-10,19H,3,11-12H2,1-2H3. The van der Waals surface area contributed by atoms with E-state index in [1.165, 1.54) is 12.1 Å². The molecule has 0 fully saturated rings. The monoisotopic (exact) mass is 289 g/mol. The second-order valence-electron chi connectivity index (χ2n) is 4.63. The molecule has 0 aromatic heterocycles. The minimum atomic E-state index is -0.257. The highest BCUT2D eigenvalue weighted by atomic mass is 19.1. The molecule has 21 heavy (non-hydrogen) atoms. The molecule has 0 aliphatic rings. The molecule has 0 aliphatic carbocycles. The van der Waals surface area contributed by atoms with Crippen LogP contribution in [0, 0.1) is 5.82 Å². The van der Waals surface area contributed by atoms with E-state index in [0.29, 0.717) is 18.9 Å². The summed E-state index contributed by atoms with van der Waals surface area (Å²) < 4.78 is 24.5. The summed E-state index contributed by atoms with van der Waals surface area (Å²) >= 11 is 0. The Bertz CT molecular complexity index is 587. The molecule has 1 N–H and O–H groups in total. The van der Waals surface area contributed by atoms with Crippen LogP contribution in [0.1, 0.15) is 18.1 Å². The van der Waals surface area contributed by atoms with E-state index in [2.05, 4.69) is 5.32 Å². The Morgan fingerprint density at radius 3 is 2.62 bits per heavy atom. The SMILES string of the molecule is CCNCc1cc(F)ccc1OCc1ccccc1OC. The third-order valence-corrected chi connectivity index (χ3v) is 3.16. The lowest BCUT2D eigenvalue weighted by Gasteiger charge is -2.13. The first-order valence-corrected chi connectivity index (χ1v) is 6.98. The Balaban J connectivity index is 2.12. The molecule has 3 nitrogen and oxygen atoms in total. The topological polar surface area (TPSA) is 30.5 Å². The molecule has 0 unspecified atom stereocenters. The molecule has 0 aliphatic heterocycles. The summed E-state index contributed by atoms with van der Waals surface area (Å²) in [4.78, 5) is 0. The van der Waals surface area contributed by atoms with Crippen molar-refractivity contribution in [1.82, 2.24) is 5.32 Å². The summed E-state index contributed by atoms with van der Waals surface area (Å²) in [5.41, 5.74) is 1.77. The van der Waals surface area contributed by atoms with Crippen LogP contribution in [0.5, 0.6) is 11.5 Å². The van der Waals surface area contributed by atoms with Gasteiger partial charge in [0.05, 0.1) is 7.11 Å². The summed E-state index contributed by atoms with van der Waals surface area (Å²) in [6.45, 7) is 3.79. The molecule has 2 aromatic rings. The molecule has 0 bridgehead atoms. The van der Waals surface area contributed by atoms with E-state index in [-0.39, 0.29) is 5.82 Å². The van der Waals surface area contributed by atoms with Crippen LogP contribution in [-0.4, -0.2) is 13.7 Å². The molecule has 0 radical (unpaired) electrons. The van der Waals surface area contributed by atoms with Crippen molar-refractivity contribution in [2.75, 3.05) is 13.7 Å². The van der Waals surface area contributed by atoms with Crippen molar-refractivity contribution in [2.45, 2.75) is 20.1 Å². The van der Waals surface area contributed by atoms with Gasteiger partial charge in [0.25, 0.3) is 0 Å². The predicted octanol–water partition coefficient (Wildman–Crippen LogP) is 3.52. The molecular weight excluding hydrogens is 269 g/mol. The van der Waals surface area contributed by atoms with Crippen molar-refractivity contribution in [1.29, 1.82) is 0 Å². The molecule has 0 atom stereocenters. The summed E-state index contributed by atoms with van der Waals surface area (Å²) in [5, 5.41) is 3.18. The fourth-order valence-electron chi connectivity index (χ4n) is 2.06. The normalized spacial score (nSPS) is 10.4. The number of benzene rings is 2. The lowest BCUT2D eigenvalue weighted by molar-refractivity contribution is 0.292. The van der Waals surface area contributed by atoms with E-state index < -0.39 is 0 Å². The van der Waals surface area contributed by atoms with Crippen molar-refractivity contribution < 1.29 is 13.9 Å². The maximum atomic E-state index is 13.4. The number of methoxy groups -OCH3 is 1. The van der Waals surface area contributed by atoms with E-state index in [1.54, 1.807) is 13.2 Å². The number of halogens is 1. The lowest BCUT2D eigenvalue weighted by Crippen LogP contribution is -2.13. The highest BCUT2D eigenvalue weighted by Gasteiger charge is 2.07. The lowest BCUT2D eigenvalue weighted by atomic mass is 10.2. The van der Waals surface area contributed by atoms with Crippen molar-refractivity contribution in [3.05, 3.63) is 59.4 Å². The van der Waals surface area contributed by atoms with E-state index >= 15 is 0 Å². The van der Waals surface area contributed by atoms with Gasteiger partial charge in [0.1, 0.15) is 23.9 Å². The third kappa shape index (κ3) is 4.20. The molecule has 0 heterocycles. The number of hydrogen-bond acceptors (Lipinski definition) is 3. The molecular formula is C17H20FNO2. The van der Waals surface area contributed by atoms with Gasteiger partial charge in [0.2, 0.25) is 0 Å². The van der Waals surface area contributed by atoms with E-state index in [4.69, 9.17) is 9.47 Å². The van der Waals surface area contributed by atoms with Gasteiger partial charge >= 0.3 is 0 Å². The van der Waals surface area contributed by atoms with Gasteiger partial charge in [-0.15, -0.1) is 0 Å². The Labute approximate surface area is 124 Å². The number of hydrogen-bond donors (Lipinski definition) is 1. The van der Waals surface area contributed by atoms with Crippen molar-refractivity contribution >= 4 is 0 Å². The van der Waals surface area contributed by atoms with E-state index in [0.717, 1.165) is 23.4 Å². The molecule has 0 spiro atoms. The van der Waals surface area contributed by atoms with Crippen LogP contribution in [0.3, 0.4) is 0 Å². The van der Waals surface area contributed by atoms with Crippen molar-refractivity contribution in [3.63, 3.8) is 0 Å². The quantitative estimate of drug-likeness (QED) is 0.846. The van der Waals surface area contributed by atoms with Crippen LogP contribution in [0.2, 0.25) is 0 Å². The van der Waals surface area contributed by atoms with Crippen LogP contribution in [0.25, 0.3) is 0 Å². The van der Waals surface area contributed by atoms with Gasteiger partial charge in [0.15, 0.2) is 0 Å². The number of ether oxygens (including phenoxy) is 2. The Morgan fingerprint density at radius 1 is 1.05 bits per heavy atom. The molecule has 112 valence electrons. The van der Waals surface area contributed by atoms with Gasteiger partial charge in [-0.25, -0.2) is 4.39 Å². The first-order chi connectivity index (χ1) is 10.2. The smallest absolute Gasteiger partial charge is 0.125 e. The second-order valence-corrected chi connectivity index (χ2v) is 4.63. The molecule has 2 aromatic carbocycles. The van der Waals surface area contributed by atoms with Gasteiger partial charge in [-0.1, -0.05) is 25.1 Å². The van der Waals surface area contributed by atoms with Gasteiger partial charge in [0, 0.05) is 17.7 Å². The van der Waals surface area contributed by atoms with Crippen LogP contribution >= 0.6 is 0 Å². The van der Waals surface area contributed by atoms with Gasteiger partial charge in [-0.3, -0.25) is 0 Å². The fraction of sp³-hybridized carbons (Fsp3) is 0.294. The van der Waals surface area contributed by atoms with Crippen molar-refractivity contribution in [3.8, 4) is 11.5 Å². The van der Waals surface area contributed by atoms with Crippen molar-refractivity contribution in [2.24, 2.45) is 0 Å². The maximum Gasteiger partial charge on any atom is 0.125 e. The second kappa shape index (κ2) is 7.64. The van der Waals surface area contributed by atoms with Gasteiger partial charge in [-0.05, 0) is 30.8 Å². The molecule has 0 saturated heterocycles. The highest BCUT2D eigenvalue weighted by molar-refractivity contribution is 5.36. The van der Waals surface area contributed by atoms with Crippen LogP contribution in [0.4, 0.5) is 4.39 Å².